The fraction of sp³-hybridized carbons (Fsp3) is 0.650. The number of hydrogen-bond donors (Lipinski definition) is 0. The first kappa shape index (κ1) is 18.4. The molecule has 0 saturated heterocycles. The quantitative estimate of drug-likeness (QED) is 0.322. The Balaban J connectivity index is 1.53. The van der Waals surface area contributed by atoms with Crippen LogP contribution in [0, 0.1) is 0 Å². The van der Waals surface area contributed by atoms with E-state index in [2.05, 4.69) is 42.8 Å². The molecule has 0 bridgehead atoms. The molecule has 1 aromatic carbocycles. The molecule has 0 spiro atoms. The van der Waals surface area contributed by atoms with Crippen molar-refractivity contribution in [2.75, 3.05) is 5.75 Å². The van der Waals surface area contributed by atoms with Crippen molar-refractivity contribution < 1.29 is 0 Å². The molecule has 0 aliphatic rings. The molecule has 2 nitrogen and oxygen atoms in total. The molecule has 0 atom stereocenters. The first-order valence-electron chi connectivity index (χ1n) is 9.37. The number of nitrogens with zero attached hydrogens (tertiary/aromatic N) is 2. The van der Waals surface area contributed by atoms with Crippen molar-refractivity contribution in [3.05, 3.63) is 24.3 Å². The van der Waals surface area contributed by atoms with Gasteiger partial charge in [-0.3, -0.25) is 0 Å². The smallest absolute Gasteiger partial charge is 0.168 e. The Morgan fingerprint density at radius 3 is 2.13 bits per heavy atom. The molecular weight excluding hydrogens is 300 g/mol. The maximum atomic E-state index is 4.72. The van der Waals surface area contributed by atoms with Crippen LogP contribution in [0.15, 0.2) is 29.4 Å². The molecule has 0 fully saturated rings. The first-order chi connectivity index (χ1) is 11.3. The molecule has 128 valence electrons. The first-order valence-corrected chi connectivity index (χ1v) is 10.4. The Labute approximate surface area is 146 Å². The van der Waals surface area contributed by atoms with Crippen molar-refractivity contribution in [3.8, 4) is 0 Å². The van der Waals surface area contributed by atoms with Crippen LogP contribution in [0.3, 0.4) is 0 Å². The lowest BCUT2D eigenvalue weighted by Gasteiger charge is -2.03. The molecule has 0 amide bonds. The zero-order valence-corrected chi connectivity index (χ0v) is 15.7. The van der Waals surface area contributed by atoms with E-state index >= 15 is 0 Å². The van der Waals surface area contributed by atoms with Gasteiger partial charge in [-0.15, -0.1) is 0 Å². The molecule has 0 radical (unpaired) electrons. The van der Waals surface area contributed by atoms with E-state index in [1.807, 2.05) is 11.8 Å². The average molecular weight is 333 g/mol. The van der Waals surface area contributed by atoms with E-state index in [-0.39, 0.29) is 0 Å². The highest BCUT2D eigenvalue weighted by Gasteiger charge is 2.06. The fourth-order valence-electron chi connectivity index (χ4n) is 3.01. The molecule has 0 unspecified atom stereocenters. The van der Waals surface area contributed by atoms with Crippen LogP contribution in [-0.2, 0) is 7.05 Å². The Bertz CT molecular complexity index is 562. The zero-order valence-electron chi connectivity index (χ0n) is 14.9. The number of unbranched alkanes of at least 4 members (excludes halogenated alkanes) is 9. The zero-order chi connectivity index (χ0) is 16.3. The van der Waals surface area contributed by atoms with Crippen LogP contribution >= 0.6 is 11.8 Å². The van der Waals surface area contributed by atoms with Gasteiger partial charge in [-0.2, -0.15) is 0 Å². The average Bonchev–Trinajstić information content (AvgIpc) is 2.89. The maximum absolute atomic E-state index is 4.72. The number of para-hydroxylation sites is 2. The van der Waals surface area contributed by atoms with E-state index in [1.54, 1.807) is 0 Å². The van der Waals surface area contributed by atoms with Gasteiger partial charge in [0.2, 0.25) is 0 Å². The van der Waals surface area contributed by atoms with Crippen molar-refractivity contribution in [3.63, 3.8) is 0 Å². The summed E-state index contributed by atoms with van der Waals surface area (Å²) in [5.74, 6) is 1.19. The summed E-state index contributed by atoms with van der Waals surface area (Å²) in [5, 5.41) is 1.15. The maximum Gasteiger partial charge on any atom is 0.168 e. The van der Waals surface area contributed by atoms with E-state index < -0.39 is 0 Å². The fourth-order valence-corrected chi connectivity index (χ4v) is 3.99. The Kier molecular flexibility index (Phi) is 8.59. The second-order valence-electron chi connectivity index (χ2n) is 6.47. The number of imidazole rings is 1. The van der Waals surface area contributed by atoms with Crippen molar-refractivity contribution in [1.82, 2.24) is 9.55 Å². The summed E-state index contributed by atoms with van der Waals surface area (Å²) in [5.41, 5.74) is 2.35. The molecule has 23 heavy (non-hydrogen) atoms. The molecule has 0 aliphatic carbocycles. The number of fused-ring (bicyclic) bond motifs is 1. The normalized spacial score (nSPS) is 11.4. The van der Waals surface area contributed by atoms with Crippen LogP contribution in [0.4, 0.5) is 0 Å². The van der Waals surface area contributed by atoms with Crippen LogP contribution in [0.2, 0.25) is 0 Å². The summed E-state index contributed by atoms with van der Waals surface area (Å²) >= 11 is 1.90. The molecular formula is C20H32N2S. The van der Waals surface area contributed by atoms with Crippen molar-refractivity contribution in [1.29, 1.82) is 0 Å². The largest absolute Gasteiger partial charge is 0.322 e. The van der Waals surface area contributed by atoms with Gasteiger partial charge in [-0.1, -0.05) is 88.6 Å². The minimum atomic E-state index is 1.11. The highest BCUT2D eigenvalue weighted by Crippen LogP contribution is 2.23. The van der Waals surface area contributed by atoms with Crippen LogP contribution in [0.5, 0.6) is 0 Å². The third kappa shape index (κ3) is 6.21. The minimum Gasteiger partial charge on any atom is -0.322 e. The summed E-state index contributed by atoms with van der Waals surface area (Å²) < 4.78 is 2.22. The van der Waals surface area contributed by atoms with Crippen LogP contribution < -0.4 is 0 Å². The van der Waals surface area contributed by atoms with Gasteiger partial charge in [0.05, 0.1) is 11.0 Å². The van der Waals surface area contributed by atoms with Gasteiger partial charge in [0.15, 0.2) is 5.16 Å². The van der Waals surface area contributed by atoms with Crippen molar-refractivity contribution in [2.45, 2.75) is 76.3 Å². The highest BCUT2D eigenvalue weighted by atomic mass is 32.2. The Morgan fingerprint density at radius 2 is 1.48 bits per heavy atom. The summed E-state index contributed by atoms with van der Waals surface area (Å²) in [4.78, 5) is 4.72. The number of aryl methyl sites for hydroxylation is 1. The molecule has 3 heteroatoms. The molecule has 2 aromatic rings. The van der Waals surface area contributed by atoms with Gasteiger partial charge in [0, 0.05) is 12.8 Å². The van der Waals surface area contributed by atoms with Gasteiger partial charge in [0.25, 0.3) is 0 Å². The minimum absolute atomic E-state index is 1.11. The predicted molar refractivity (Wildman–Crippen MR) is 103 cm³/mol. The summed E-state index contributed by atoms with van der Waals surface area (Å²) in [6.45, 7) is 2.28. The lowest BCUT2D eigenvalue weighted by Crippen LogP contribution is -1.91. The van der Waals surface area contributed by atoms with E-state index in [1.165, 1.54) is 75.5 Å². The van der Waals surface area contributed by atoms with Gasteiger partial charge in [-0.05, 0) is 18.6 Å². The van der Waals surface area contributed by atoms with Crippen molar-refractivity contribution in [2.24, 2.45) is 7.05 Å². The number of rotatable bonds is 12. The molecule has 2 rings (SSSR count). The van der Waals surface area contributed by atoms with E-state index in [0.29, 0.717) is 0 Å². The molecule has 0 N–H and O–H groups in total. The topological polar surface area (TPSA) is 17.8 Å². The summed E-state index contributed by atoms with van der Waals surface area (Å²) in [7, 11) is 2.12. The predicted octanol–water partition coefficient (Wildman–Crippen LogP) is 6.59. The third-order valence-corrected chi connectivity index (χ3v) is 5.59. The second kappa shape index (κ2) is 10.7. The van der Waals surface area contributed by atoms with Gasteiger partial charge < -0.3 is 4.57 Å². The molecule has 0 aliphatic heterocycles. The van der Waals surface area contributed by atoms with Crippen LogP contribution in [0.1, 0.15) is 71.1 Å². The lowest BCUT2D eigenvalue weighted by atomic mass is 10.1. The van der Waals surface area contributed by atoms with Crippen LogP contribution in [0.25, 0.3) is 11.0 Å². The third-order valence-electron chi connectivity index (χ3n) is 4.48. The van der Waals surface area contributed by atoms with E-state index in [9.17, 15) is 0 Å². The van der Waals surface area contributed by atoms with Crippen molar-refractivity contribution >= 4 is 22.8 Å². The summed E-state index contributed by atoms with van der Waals surface area (Å²) in [6, 6.07) is 8.39. The second-order valence-corrected chi connectivity index (χ2v) is 7.53. The number of benzene rings is 1. The number of thioether (sulfide) groups is 1. The Morgan fingerprint density at radius 1 is 0.870 bits per heavy atom. The van der Waals surface area contributed by atoms with E-state index in [0.717, 1.165) is 10.7 Å². The van der Waals surface area contributed by atoms with Gasteiger partial charge >= 0.3 is 0 Å². The van der Waals surface area contributed by atoms with Gasteiger partial charge in [-0.25, -0.2) is 4.98 Å². The monoisotopic (exact) mass is 332 g/mol. The standard InChI is InChI=1S/C20H32N2S/c1-3-4-5-6-7-8-9-10-11-14-17-23-20-21-18-15-12-13-16-19(18)22(20)2/h12-13,15-16H,3-11,14,17H2,1-2H3. The lowest BCUT2D eigenvalue weighted by molar-refractivity contribution is 0.563. The highest BCUT2D eigenvalue weighted by molar-refractivity contribution is 7.99. The number of hydrogen-bond acceptors (Lipinski definition) is 2. The SMILES string of the molecule is CCCCCCCCCCCCSc1nc2ccccc2n1C. The molecule has 1 heterocycles. The summed E-state index contributed by atoms with van der Waals surface area (Å²) in [6.07, 6.45) is 14.0. The molecule has 0 saturated carbocycles. The number of aromatic nitrogens is 2. The Hall–Kier alpha value is -0.960. The van der Waals surface area contributed by atoms with Crippen LogP contribution in [-0.4, -0.2) is 15.3 Å². The van der Waals surface area contributed by atoms with Gasteiger partial charge in [0.1, 0.15) is 0 Å². The van der Waals surface area contributed by atoms with E-state index in [4.69, 9.17) is 4.98 Å². The molecule has 1 aromatic heterocycles.